The van der Waals surface area contributed by atoms with E-state index >= 15 is 0 Å². The average molecular weight is 423 g/mol. The normalized spacial score (nSPS) is 10.8. The number of thioether (sulfide) groups is 1. The second kappa shape index (κ2) is 10.8. The van der Waals surface area contributed by atoms with Crippen LogP contribution in [0.5, 0.6) is 5.75 Å². The van der Waals surface area contributed by atoms with Crippen LogP contribution in [0.1, 0.15) is 11.4 Å². The summed E-state index contributed by atoms with van der Waals surface area (Å²) in [5, 5.41) is 25.7. The molecule has 8 nitrogen and oxygen atoms in total. The molecule has 9 heteroatoms. The summed E-state index contributed by atoms with van der Waals surface area (Å²) >= 11 is 1.27. The first-order valence-corrected chi connectivity index (χ1v) is 10.2. The first-order chi connectivity index (χ1) is 14.7. The van der Waals surface area contributed by atoms with Crippen LogP contribution in [0.15, 0.2) is 77.5 Å². The van der Waals surface area contributed by atoms with Crippen LogP contribution < -0.4 is 10.7 Å². The molecule has 0 aliphatic heterocycles. The van der Waals surface area contributed by atoms with Crippen molar-refractivity contribution in [3.05, 3.63) is 78.6 Å². The molecule has 0 spiro atoms. The van der Waals surface area contributed by atoms with Gasteiger partial charge in [-0.15, -0.1) is 16.8 Å². The van der Waals surface area contributed by atoms with Crippen LogP contribution in [0.4, 0.5) is 5.69 Å². The van der Waals surface area contributed by atoms with Crippen molar-refractivity contribution in [2.75, 3.05) is 11.1 Å². The minimum Gasteiger partial charge on any atom is -0.508 e. The maximum absolute atomic E-state index is 12.1. The molecular formula is C21H22N6O2S. The molecule has 0 unspecified atom stereocenters. The Bertz CT molecular complexity index is 1020. The third-order valence-corrected chi connectivity index (χ3v) is 4.90. The quantitative estimate of drug-likeness (QED) is 0.201. The van der Waals surface area contributed by atoms with Gasteiger partial charge in [0, 0.05) is 12.2 Å². The first kappa shape index (κ1) is 21.1. The summed E-state index contributed by atoms with van der Waals surface area (Å²) in [5.41, 5.74) is 4.14. The van der Waals surface area contributed by atoms with Gasteiger partial charge in [0.25, 0.3) is 5.91 Å². The van der Waals surface area contributed by atoms with Crippen LogP contribution in [0.25, 0.3) is 0 Å². The number of amides is 1. The van der Waals surface area contributed by atoms with Crippen molar-refractivity contribution in [2.24, 2.45) is 5.10 Å². The van der Waals surface area contributed by atoms with Gasteiger partial charge in [-0.3, -0.25) is 4.79 Å². The van der Waals surface area contributed by atoms with Crippen molar-refractivity contribution in [2.45, 2.75) is 18.2 Å². The Kier molecular flexibility index (Phi) is 7.62. The molecule has 0 radical (unpaired) electrons. The number of allylic oxidation sites excluding steroid dienone is 1. The molecule has 0 saturated carbocycles. The molecule has 1 heterocycles. The number of phenols is 1. The molecule has 1 amide bonds. The molecule has 1 aromatic heterocycles. The summed E-state index contributed by atoms with van der Waals surface area (Å²) in [4.78, 5) is 12.1. The molecule has 154 valence electrons. The van der Waals surface area contributed by atoms with Crippen molar-refractivity contribution < 1.29 is 9.90 Å². The van der Waals surface area contributed by atoms with E-state index in [1.807, 2.05) is 34.9 Å². The number of benzene rings is 2. The zero-order valence-electron chi connectivity index (χ0n) is 16.2. The average Bonchev–Trinajstić information content (AvgIpc) is 3.13. The topological polar surface area (TPSA) is 104 Å². The molecule has 0 aliphatic rings. The van der Waals surface area contributed by atoms with Gasteiger partial charge >= 0.3 is 0 Å². The van der Waals surface area contributed by atoms with Crippen LogP contribution in [0.3, 0.4) is 0 Å². The van der Waals surface area contributed by atoms with Crippen molar-refractivity contribution in [3.63, 3.8) is 0 Å². The molecular weight excluding hydrogens is 400 g/mol. The number of rotatable bonds is 10. The van der Waals surface area contributed by atoms with Gasteiger partial charge in [-0.2, -0.15) is 5.10 Å². The summed E-state index contributed by atoms with van der Waals surface area (Å²) in [6.45, 7) is 4.83. The Morgan fingerprint density at radius 3 is 2.80 bits per heavy atom. The summed E-state index contributed by atoms with van der Waals surface area (Å²) in [6, 6.07) is 16.4. The van der Waals surface area contributed by atoms with Crippen LogP contribution >= 0.6 is 11.8 Å². The van der Waals surface area contributed by atoms with Crippen molar-refractivity contribution >= 4 is 29.6 Å². The second-order valence-corrected chi connectivity index (χ2v) is 7.14. The number of hydrogen-bond acceptors (Lipinski definition) is 7. The molecule has 3 N–H and O–H groups in total. The lowest BCUT2D eigenvalue weighted by molar-refractivity contribution is -0.118. The molecule has 2 aromatic carbocycles. The molecule has 0 saturated heterocycles. The molecule has 0 atom stereocenters. The van der Waals surface area contributed by atoms with Gasteiger partial charge in [-0.1, -0.05) is 48.2 Å². The van der Waals surface area contributed by atoms with Crippen LogP contribution in [0, 0.1) is 0 Å². The fourth-order valence-electron chi connectivity index (χ4n) is 2.55. The third kappa shape index (κ3) is 6.21. The zero-order chi connectivity index (χ0) is 21.2. The Labute approximate surface area is 178 Å². The molecule has 0 aliphatic carbocycles. The van der Waals surface area contributed by atoms with E-state index in [1.54, 1.807) is 30.3 Å². The van der Waals surface area contributed by atoms with E-state index in [1.165, 1.54) is 18.0 Å². The highest BCUT2D eigenvalue weighted by Gasteiger charge is 2.13. The summed E-state index contributed by atoms with van der Waals surface area (Å²) in [7, 11) is 0. The lowest BCUT2D eigenvalue weighted by atomic mass is 10.2. The predicted octanol–water partition coefficient (Wildman–Crippen LogP) is 3.02. The standard InChI is InChI=1S/C21H22N6O2S/c1-2-11-27-19(14-22-17-8-4-3-5-9-17)24-26-21(27)30-15-20(29)25-23-13-16-7-6-10-18(28)12-16/h2-10,12-13,22,28H,1,11,14-15H2,(H,25,29)/b23-13-. The van der Waals surface area contributed by atoms with E-state index in [0.29, 0.717) is 23.8 Å². The third-order valence-electron chi connectivity index (χ3n) is 3.93. The number of aromatic nitrogens is 3. The number of para-hydroxylation sites is 1. The Balaban J connectivity index is 1.54. The maximum Gasteiger partial charge on any atom is 0.250 e. The Morgan fingerprint density at radius 2 is 2.03 bits per heavy atom. The van der Waals surface area contributed by atoms with E-state index in [9.17, 15) is 9.90 Å². The number of hydrogen-bond donors (Lipinski definition) is 3. The first-order valence-electron chi connectivity index (χ1n) is 9.21. The van der Waals surface area contributed by atoms with Crippen LogP contribution in [0.2, 0.25) is 0 Å². The lowest BCUT2D eigenvalue weighted by Gasteiger charge is -2.09. The smallest absolute Gasteiger partial charge is 0.250 e. The van der Waals surface area contributed by atoms with Gasteiger partial charge in [-0.05, 0) is 29.8 Å². The number of anilines is 1. The van der Waals surface area contributed by atoms with Gasteiger partial charge < -0.3 is 15.0 Å². The summed E-state index contributed by atoms with van der Waals surface area (Å²) < 4.78 is 1.91. The van der Waals surface area contributed by atoms with E-state index in [-0.39, 0.29) is 17.4 Å². The number of hydrazone groups is 1. The molecule has 3 rings (SSSR count). The second-order valence-electron chi connectivity index (χ2n) is 6.19. The minimum atomic E-state index is -0.270. The van der Waals surface area contributed by atoms with Crippen molar-refractivity contribution in [3.8, 4) is 5.75 Å². The number of nitrogens with one attached hydrogen (secondary N) is 2. The highest BCUT2D eigenvalue weighted by molar-refractivity contribution is 7.99. The number of carbonyl (C=O) groups is 1. The number of aromatic hydroxyl groups is 1. The lowest BCUT2D eigenvalue weighted by Crippen LogP contribution is -2.20. The van der Waals surface area contributed by atoms with Crippen molar-refractivity contribution in [1.82, 2.24) is 20.2 Å². The molecule has 0 fully saturated rings. The molecule has 3 aromatic rings. The van der Waals surface area contributed by atoms with E-state index < -0.39 is 0 Å². The zero-order valence-corrected chi connectivity index (χ0v) is 17.0. The SMILES string of the molecule is C=CCn1c(CNc2ccccc2)nnc1SCC(=O)N/N=C\c1cccc(O)c1. The predicted molar refractivity (Wildman–Crippen MR) is 119 cm³/mol. The fourth-order valence-corrected chi connectivity index (χ4v) is 3.31. The van der Waals surface area contributed by atoms with Crippen molar-refractivity contribution in [1.29, 1.82) is 0 Å². The van der Waals surface area contributed by atoms with Crippen LogP contribution in [-0.4, -0.2) is 37.7 Å². The van der Waals surface area contributed by atoms with Gasteiger partial charge in [0.2, 0.25) is 0 Å². The number of carbonyl (C=O) groups excluding carboxylic acids is 1. The van der Waals surface area contributed by atoms with E-state index in [0.717, 1.165) is 11.5 Å². The Morgan fingerprint density at radius 1 is 1.20 bits per heavy atom. The Hall–Kier alpha value is -3.59. The fraction of sp³-hybridized carbons (Fsp3) is 0.143. The molecule has 30 heavy (non-hydrogen) atoms. The highest BCUT2D eigenvalue weighted by Crippen LogP contribution is 2.18. The minimum absolute atomic E-state index is 0.138. The summed E-state index contributed by atoms with van der Waals surface area (Å²) in [5.74, 6) is 0.760. The number of nitrogens with zero attached hydrogens (tertiary/aromatic N) is 4. The monoisotopic (exact) mass is 422 g/mol. The van der Waals surface area contributed by atoms with E-state index in [4.69, 9.17) is 0 Å². The van der Waals surface area contributed by atoms with Crippen LogP contribution in [-0.2, 0) is 17.9 Å². The summed E-state index contributed by atoms with van der Waals surface area (Å²) in [6.07, 6.45) is 3.23. The van der Waals surface area contributed by atoms with Gasteiger partial charge in [0.15, 0.2) is 11.0 Å². The molecule has 0 bridgehead atoms. The van der Waals surface area contributed by atoms with Gasteiger partial charge in [-0.25, -0.2) is 5.43 Å². The van der Waals surface area contributed by atoms with Gasteiger partial charge in [0.05, 0.1) is 18.5 Å². The maximum atomic E-state index is 12.1. The largest absolute Gasteiger partial charge is 0.508 e. The van der Waals surface area contributed by atoms with Gasteiger partial charge in [0.1, 0.15) is 5.75 Å². The highest BCUT2D eigenvalue weighted by atomic mass is 32.2. The van der Waals surface area contributed by atoms with E-state index in [2.05, 4.69) is 32.6 Å². The number of phenolic OH excluding ortho intramolecular Hbond substituents is 1.